The van der Waals surface area contributed by atoms with Crippen LogP contribution in [0.4, 0.5) is 0 Å². The Bertz CT molecular complexity index is 610. The molecule has 0 spiro atoms. The summed E-state index contributed by atoms with van der Waals surface area (Å²) < 4.78 is 5.14. The Hall–Kier alpha value is -1.55. The molecule has 2 aliphatic rings. The molecule has 1 aliphatic heterocycles. The minimum absolute atomic E-state index is 0.157. The van der Waals surface area contributed by atoms with E-state index in [1.165, 1.54) is 0 Å². The van der Waals surface area contributed by atoms with Crippen LogP contribution in [-0.2, 0) is 19.7 Å². The van der Waals surface area contributed by atoms with E-state index >= 15 is 0 Å². The standard InChI is InChI=1S/C19H24ClNO3/c1-2-24-17(22)14-5-3-12-21(13-14)18(23)19(10-4-11-19)15-6-8-16(20)9-7-15/h6-9,14H,2-5,10-13H2,1H3/t14-/m1/s1. The molecule has 0 radical (unpaired) electrons. The first-order valence-corrected chi connectivity index (χ1v) is 9.16. The quantitative estimate of drug-likeness (QED) is 0.781. The van der Waals surface area contributed by atoms with E-state index in [4.69, 9.17) is 16.3 Å². The first kappa shape index (κ1) is 17.3. The van der Waals surface area contributed by atoms with Crippen molar-refractivity contribution in [2.75, 3.05) is 19.7 Å². The van der Waals surface area contributed by atoms with E-state index in [9.17, 15) is 9.59 Å². The average molecular weight is 350 g/mol. The van der Waals surface area contributed by atoms with E-state index in [0.29, 0.717) is 18.2 Å². The zero-order chi connectivity index (χ0) is 17.2. The van der Waals surface area contributed by atoms with Crippen molar-refractivity contribution < 1.29 is 14.3 Å². The maximum Gasteiger partial charge on any atom is 0.310 e. The molecular formula is C19H24ClNO3. The van der Waals surface area contributed by atoms with Gasteiger partial charge in [0.2, 0.25) is 5.91 Å². The van der Waals surface area contributed by atoms with Gasteiger partial charge in [0, 0.05) is 18.1 Å². The first-order valence-electron chi connectivity index (χ1n) is 8.79. The Morgan fingerprint density at radius 3 is 2.54 bits per heavy atom. The van der Waals surface area contributed by atoms with Gasteiger partial charge in [-0.1, -0.05) is 30.2 Å². The van der Waals surface area contributed by atoms with Crippen molar-refractivity contribution in [1.82, 2.24) is 4.90 Å². The summed E-state index contributed by atoms with van der Waals surface area (Å²) in [6.45, 7) is 3.41. The number of benzene rings is 1. The van der Waals surface area contributed by atoms with Crippen LogP contribution in [0.3, 0.4) is 0 Å². The van der Waals surface area contributed by atoms with Crippen LogP contribution in [0.25, 0.3) is 0 Å². The number of nitrogens with zero attached hydrogens (tertiary/aromatic N) is 1. The predicted octanol–water partition coefficient (Wildman–Crippen LogP) is 3.56. The fourth-order valence-corrected chi connectivity index (χ4v) is 3.97. The molecule has 1 heterocycles. The van der Waals surface area contributed by atoms with Gasteiger partial charge in [-0.2, -0.15) is 0 Å². The molecule has 1 atom stereocenters. The first-order chi connectivity index (χ1) is 11.6. The maximum absolute atomic E-state index is 13.3. The van der Waals surface area contributed by atoms with Crippen molar-refractivity contribution >= 4 is 23.5 Å². The zero-order valence-corrected chi connectivity index (χ0v) is 14.8. The third kappa shape index (κ3) is 3.16. The SMILES string of the molecule is CCOC(=O)[C@@H]1CCCN(C(=O)C2(c3ccc(Cl)cc3)CCC2)C1. The van der Waals surface area contributed by atoms with Gasteiger partial charge in [-0.3, -0.25) is 9.59 Å². The van der Waals surface area contributed by atoms with Gasteiger partial charge in [0.05, 0.1) is 17.9 Å². The second-order valence-electron chi connectivity index (χ2n) is 6.78. The number of hydrogen-bond acceptors (Lipinski definition) is 3. The monoisotopic (exact) mass is 349 g/mol. The van der Waals surface area contributed by atoms with Crippen molar-refractivity contribution in [1.29, 1.82) is 0 Å². The lowest BCUT2D eigenvalue weighted by molar-refractivity contribution is -0.153. The number of carbonyl (C=O) groups excluding carboxylic acids is 2. The molecule has 1 aromatic rings. The minimum Gasteiger partial charge on any atom is -0.466 e. The topological polar surface area (TPSA) is 46.6 Å². The van der Waals surface area contributed by atoms with Crippen molar-refractivity contribution in [2.24, 2.45) is 5.92 Å². The van der Waals surface area contributed by atoms with E-state index in [1.54, 1.807) is 0 Å². The highest BCUT2D eigenvalue weighted by Gasteiger charge is 2.48. The highest BCUT2D eigenvalue weighted by atomic mass is 35.5. The minimum atomic E-state index is -0.429. The second kappa shape index (κ2) is 7.14. The van der Waals surface area contributed by atoms with Gasteiger partial charge in [0.25, 0.3) is 0 Å². The van der Waals surface area contributed by atoms with Crippen LogP contribution in [0.2, 0.25) is 5.02 Å². The van der Waals surface area contributed by atoms with Crippen molar-refractivity contribution in [2.45, 2.75) is 44.4 Å². The number of hydrogen-bond donors (Lipinski definition) is 0. The second-order valence-corrected chi connectivity index (χ2v) is 7.22. The molecule has 1 amide bonds. The Labute approximate surface area is 148 Å². The lowest BCUT2D eigenvalue weighted by atomic mass is 9.63. The third-order valence-electron chi connectivity index (χ3n) is 5.34. The fourth-order valence-electron chi connectivity index (χ4n) is 3.84. The number of ether oxygens (including phenoxy) is 1. The van der Waals surface area contributed by atoms with Crippen LogP contribution < -0.4 is 0 Å². The third-order valence-corrected chi connectivity index (χ3v) is 5.59. The van der Waals surface area contributed by atoms with Crippen LogP contribution in [-0.4, -0.2) is 36.5 Å². The molecule has 0 unspecified atom stereocenters. The average Bonchev–Trinajstić information content (AvgIpc) is 2.56. The van der Waals surface area contributed by atoms with E-state index < -0.39 is 5.41 Å². The molecule has 130 valence electrons. The number of halogens is 1. The lowest BCUT2D eigenvalue weighted by Gasteiger charge is -2.45. The summed E-state index contributed by atoms with van der Waals surface area (Å²) in [7, 11) is 0. The molecule has 0 bridgehead atoms. The van der Waals surface area contributed by atoms with Crippen LogP contribution in [0.1, 0.15) is 44.6 Å². The number of carbonyl (C=O) groups is 2. The summed E-state index contributed by atoms with van der Waals surface area (Å²) in [5, 5.41) is 0.682. The summed E-state index contributed by atoms with van der Waals surface area (Å²) in [5.74, 6) is -0.209. The smallest absolute Gasteiger partial charge is 0.310 e. The van der Waals surface area contributed by atoms with E-state index in [2.05, 4.69) is 0 Å². The molecular weight excluding hydrogens is 326 g/mol. The van der Waals surface area contributed by atoms with E-state index in [1.807, 2.05) is 36.1 Å². The maximum atomic E-state index is 13.3. The molecule has 0 N–H and O–H groups in total. The number of likely N-dealkylation sites (tertiary alicyclic amines) is 1. The molecule has 4 nitrogen and oxygen atoms in total. The van der Waals surface area contributed by atoms with Crippen molar-refractivity contribution in [3.05, 3.63) is 34.9 Å². The summed E-state index contributed by atoms with van der Waals surface area (Å²) in [6.07, 6.45) is 4.45. The van der Waals surface area contributed by atoms with E-state index in [0.717, 1.165) is 44.2 Å². The lowest BCUT2D eigenvalue weighted by Crippen LogP contribution is -2.54. The van der Waals surface area contributed by atoms with Crippen molar-refractivity contribution in [3.63, 3.8) is 0 Å². The Balaban J connectivity index is 1.76. The van der Waals surface area contributed by atoms with Gasteiger partial charge in [-0.25, -0.2) is 0 Å². The Morgan fingerprint density at radius 2 is 1.96 bits per heavy atom. The van der Waals surface area contributed by atoms with Crippen LogP contribution >= 0.6 is 11.6 Å². The molecule has 5 heteroatoms. The largest absolute Gasteiger partial charge is 0.466 e. The number of esters is 1. The molecule has 1 aliphatic carbocycles. The van der Waals surface area contributed by atoms with Gasteiger partial charge in [0.15, 0.2) is 0 Å². The summed E-state index contributed by atoms with van der Waals surface area (Å²) in [5.41, 5.74) is 0.614. The molecule has 1 saturated carbocycles. The van der Waals surface area contributed by atoms with E-state index in [-0.39, 0.29) is 17.8 Å². The molecule has 1 aromatic carbocycles. The predicted molar refractivity (Wildman–Crippen MR) is 92.9 cm³/mol. The molecule has 0 aromatic heterocycles. The molecule has 2 fully saturated rings. The number of piperidine rings is 1. The van der Waals surface area contributed by atoms with Crippen LogP contribution in [0.5, 0.6) is 0 Å². The molecule has 1 saturated heterocycles. The van der Waals surface area contributed by atoms with Crippen molar-refractivity contribution in [3.8, 4) is 0 Å². The van der Waals surface area contributed by atoms with Gasteiger partial charge in [0.1, 0.15) is 0 Å². The summed E-state index contributed by atoms with van der Waals surface area (Å²) in [6, 6.07) is 7.63. The Morgan fingerprint density at radius 1 is 1.25 bits per heavy atom. The number of rotatable bonds is 4. The van der Waals surface area contributed by atoms with Gasteiger partial charge in [-0.05, 0) is 50.3 Å². The summed E-state index contributed by atoms with van der Waals surface area (Å²) >= 11 is 5.99. The van der Waals surface area contributed by atoms with Gasteiger partial charge < -0.3 is 9.64 Å². The van der Waals surface area contributed by atoms with Crippen LogP contribution in [0.15, 0.2) is 24.3 Å². The van der Waals surface area contributed by atoms with Gasteiger partial charge in [-0.15, -0.1) is 0 Å². The fraction of sp³-hybridized carbons (Fsp3) is 0.579. The zero-order valence-electron chi connectivity index (χ0n) is 14.1. The van der Waals surface area contributed by atoms with Gasteiger partial charge >= 0.3 is 5.97 Å². The Kier molecular flexibility index (Phi) is 5.14. The molecule has 24 heavy (non-hydrogen) atoms. The molecule has 3 rings (SSSR count). The summed E-state index contributed by atoms with van der Waals surface area (Å²) in [4.78, 5) is 27.2. The highest BCUT2D eigenvalue weighted by Crippen LogP contribution is 2.46. The normalized spacial score (nSPS) is 22.6. The van der Waals surface area contributed by atoms with Crippen LogP contribution in [0, 0.1) is 5.92 Å². The highest BCUT2D eigenvalue weighted by molar-refractivity contribution is 6.30. The number of amides is 1.